The van der Waals surface area contributed by atoms with E-state index in [1.54, 1.807) is 11.0 Å². The molecule has 7 heteroatoms. The molecule has 160 valence electrons. The van der Waals surface area contributed by atoms with Gasteiger partial charge in [0.1, 0.15) is 11.5 Å². The zero-order chi connectivity index (χ0) is 21.2. The van der Waals surface area contributed by atoms with E-state index < -0.39 is 0 Å². The van der Waals surface area contributed by atoms with Crippen LogP contribution in [0.3, 0.4) is 0 Å². The first-order chi connectivity index (χ1) is 14.6. The third-order valence-corrected chi connectivity index (χ3v) is 5.25. The van der Waals surface area contributed by atoms with Crippen molar-refractivity contribution in [3.05, 3.63) is 59.6 Å². The van der Waals surface area contributed by atoms with Crippen molar-refractivity contribution in [3.63, 3.8) is 0 Å². The first-order valence-corrected chi connectivity index (χ1v) is 10.6. The zero-order valence-corrected chi connectivity index (χ0v) is 17.7. The van der Waals surface area contributed by atoms with Gasteiger partial charge in [0.25, 0.3) is 5.91 Å². The van der Waals surface area contributed by atoms with Crippen LogP contribution >= 0.6 is 11.6 Å². The number of nitrogens with zero attached hydrogens (tertiary/aromatic N) is 2. The minimum Gasteiger partial charge on any atom is -0.492 e. The van der Waals surface area contributed by atoms with Crippen LogP contribution in [0.25, 0.3) is 0 Å². The van der Waals surface area contributed by atoms with Crippen LogP contribution in [-0.4, -0.2) is 61.0 Å². The van der Waals surface area contributed by atoms with Crippen molar-refractivity contribution in [1.29, 1.82) is 0 Å². The molecule has 2 aromatic rings. The molecule has 0 radical (unpaired) electrons. The smallest absolute Gasteiger partial charge is 0.260 e. The van der Waals surface area contributed by atoms with Crippen LogP contribution in [0.2, 0.25) is 5.02 Å². The van der Waals surface area contributed by atoms with Gasteiger partial charge in [-0.15, -0.1) is 0 Å². The van der Waals surface area contributed by atoms with E-state index in [1.807, 2.05) is 53.4 Å². The maximum absolute atomic E-state index is 12.5. The number of amides is 2. The Morgan fingerprint density at radius 1 is 0.833 bits per heavy atom. The maximum atomic E-state index is 12.5. The van der Waals surface area contributed by atoms with Crippen molar-refractivity contribution in [1.82, 2.24) is 9.80 Å². The number of benzene rings is 2. The normalized spacial score (nSPS) is 14.2. The second-order valence-corrected chi connectivity index (χ2v) is 7.51. The van der Waals surface area contributed by atoms with Crippen LogP contribution in [-0.2, 0) is 9.59 Å². The first kappa shape index (κ1) is 22.0. The number of hydrogen-bond donors (Lipinski definition) is 0. The van der Waals surface area contributed by atoms with Gasteiger partial charge < -0.3 is 19.3 Å². The molecule has 1 aliphatic heterocycles. The topological polar surface area (TPSA) is 59.1 Å². The standard InChI is InChI=1S/C23H27ClN2O4/c24-20-10-4-5-11-21(20)29-17-6-12-22(27)25-13-7-14-26(16-15-25)23(28)18-30-19-8-2-1-3-9-19/h1-5,8-11H,6-7,12-18H2. The summed E-state index contributed by atoms with van der Waals surface area (Å²) in [4.78, 5) is 28.6. The van der Waals surface area contributed by atoms with Gasteiger partial charge in [-0.05, 0) is 37.1 Å². The Kier molecular flexibility index (Phi) is 8.39. The Morgan fingerprint density at radius 2 is 1.50 bits per heavy atom. The molecule has 0 spiro atoms. The minimum absolute atomic E-state index is 0.0113. The molecule has 1 saturated heterocycles. The summed E-state index contributed by atoms with van der Waals surface area (Å²) >= 11 is 6.06. The fraction of sp³-hybridized carbons (Fsp3) is 0.391. The lowest BCUT2D eigenvalue weighted by atomic mass is 10.2. The lowest BCUT2D eigenvalue weighted by Crippen LogP contribution is -2.39. The average Bonchev–Trinajstić information content (AvgIpc) is 3.03. The van der Waals surface area contributed by atoms with Gasteiger partial charge in [-0.1, -0.05) is 41.9 Å². The molecule has 3 rings (SSSR count). The van der Waals surface area contributed by atoms with Crippen molar-refractivity contribution in [2.24, 2.45) is 0 Å². The van der Waals surface area contributed by atoms with Crippen molar-refractivity contribution in [2.45, 2.75) is 19.3 Å². The quantitative estimate of drug-likeness (QED) is 0.600. The third-order valence-electron chi connectivity index (χ3n) is 4.94. The fourth-order valence-corrected chi connectivity index (χ4v) is 3.49. The number of carbonyl (C=O) groups is 2. The second kappa shape index (κ2) is 11.5. The van der Waals surface area contributed by atoms with E-state index in [9.17, 15) is 9.59 Å². The summed E-state index contributed by atoms with van der Waals surface area (Å²) in [6, 6.07) is 16.6. The Hall–Kier alpha value is -2.73. The van der Waals surface area contributed by atoms with Crippen molar-refractivity contribution in [3.8, 4) is 11.5 Å². The monoisotopic (exact) mass is 430 g/mol. The van der Waals surface area contributed by atoms with Crippen LogP contribution in [0.4, 0.5) is 0 Å². The summed E-state index contributed by atoms with van der Waals surface area (Å²) in [6.07, 6.45) is 1.79. The third kappa shape index (κ3) is 6.66. The molecule has 2 amide bonds. The predicted molar refractivity (Wildman–Crippen MR) is 116 cm³/mol. The molecule has 1 aliphatic rings. The molecular formula is C23H27ClN2O4. The lowest BCUT2D eigenvalue weighted by molar-refractivity contribution is -0.134. The van der Waals surface area contributed by atoms with E-state index in [-0.39, 0.29) is 18.4 Å². The van der Waals surface area contributed by atoms with Crippen molar-refractivity contribution >= 4 is 23.4 Å². The van der Waals surface area contributed by atoms with Crippen LogP contribution in [0.1, 0.15) is 19.3 Å². The molecule has 0 aromatic heterocycles. The van der Waals surface area contributed by atoms with Gasteiger partial charge in [-0.3, -0.25) is 9.59 Å². The molecule has 0 unspecified atom stereocenters. The summed E-state index contributed by atoms with van der Waals surface area (Å²) in [7, 11) is 0. The van der Waals surface area contributed by atoms with Crippen LogP contribution in [0.5, 0.6) is 11.5 Å². The zero-order valence-electron chi connectivity index (χ0n) is 17.0. The number of para-hydroxylation sites is 2. The molecule has 0 bridgehead atoms. The van der Waals surface area contributed by atoms with Crippen LogP contribution < -0.4 is 9.47 Å². The number of rotatable bonds is 8. The summed E-state index contributed by atoms with van der Waals surface area (Å²) in [5, 5.41) is 0.567. The Labute approximate surface area is 182 Å². The molecule has 0 saturated carbocycles. The highest BCUT2D eigenvalue weighted by atomic mass is 35.5. The van der Waals surface area contributed by atoms with E-state index in [1.165, 1.54) is 0 Å². The van der Waals surface area contributed by atoms with E-state index >= 15 is 0 Å². The van der Waals surface area contributed by atoms with Gasteiger partial charge in [-0.25, -0.2) is 0 Å². The highest BCUT2D eigenvalue weighted by molar-refractivity contribution is 6.32. The molecular weight excluding hydrogens is 404 g/mol. The van der Waals surface area contributed by atoms with Crippen molar-refractivity contribution < 1.29 is 19.1 Å². The molecule has 0 N–H and O–H groups in total. The summed E-state index contributed by atoms with van der Waals surface area (Å²) in [6.45, 7) is 2.81. The largest absolute Gasteiger partial charge is 0.492 e. The van der Waals surface area contributed by atoms with Gasteiger partial charge in [0, 0.05) is 32.6 Å². The van der Waals surface area contributed by atoms with Crippen LogP contribution in [0, 0.1) is 0 Å². The molecule has 2 aromatic carbocycles. The average molecular weight is 431 g/mol. The fourth-order valence-electron chi connectivity index (χ4n) is 3.29. The number of carbonyl (C=O) groups excluding carboxylic acids is 2. The Balaban J connectivity index is 1.37. The summed E-state index contributed by atoms with van der Waals surface area (Å²) in [5.41, 5.74) is 0. The maximum Gasteiger partial charge on any atom is 0.260 e. The van der Waals surface area contributed by atoms with Gasteiger partial charge in [0.2, 0.25) is 5.91 Å². The molecule has 30 heavy (non-hydrogen) atoms. The van der Waals surface area contributed by atoms with E-state index in [0.29, 0.717) is 62.1 Å². The van der Waals surface area contributed by atoms with Crippen molar-refractivity contribution in [2.75, 3.05) is 39.4 Å². The number of halogens is 1. The number of ether oxygens (including phenoxy) is 2. The molecule has 6 nitrogen and oxygen atoms in total. The SMILES string of the molecule is O=C(CCCOc1ccccc1Cl)N1CCCN(C(=O)COc2ccccc2)CC1. The van der Waals surface area contributed by atoms with Gasteiger partial charge in [-0.2, -0.15) is 0 Å². The Bertz CT molecular complexity index is 831. The lowest BCUT2D eigenvalue weighted by Gasteiger charge is -2.22. The molecule has 0 atom stereocenters. The van der Waals surface area contributed by atoms with Gasteiger partial charge in [0.05, 0.1) is 11.6 Å². The Morgan fingerprint density at radius 3 is 2.23 bits per heavy atom. The van der Waals surface area contributed by atoms with E-state index in [2.05, 4.69) is 0 Å². The second-order valence-electron chi connectivity index (χ2n) is 7.10. The predicted octanol–water partition coefficient (Wildman–Crippen LogP) is 3.64. The molecule has 0 aliphatic carbocycles. The van der Waals surface area contributed by atoms with Gasteiger partial charge >= 0.3 is 0 Å². The summed E-state index contributed by atoms with van der Waals surface area (Å²) in [5.74, 6) is 1.35. The van der Waals surface area contributed by atoms with Gasteiger partial charge in [0.15, 0.2) is 6.61 Å². The summed E-state index contributed by atoms with van der Waals surface area (Å²) < 4.78 is 11.2. The number of hydrogen-bond acceptors (Lipinski definition) is 4. The van der Waals surface area contributed by atoms with E-state index in [4.69, 9.17) is 21.1 Å². The first-order valence-electron chi connectivity index (χ1n) is 10.2. The highest BCUT2D eigenvalue weighted by Gasteiger charge is 2.22. The molecule has 1 heterocycles. The van der Waals surface area contributed by atoms with Crippen LogP contribution in [0.15, 0.2) is 54.6 Å². The molecule has 1 fully saturated rings. The highest BCUT2D eigenvalue weighted by Crippen LogP contribution is 2.23. The van der Waals surface area contributed by atoms with E-state index in [0.717, 1.165) is 6.42 Å². The minimum atomic E-state index is -0.0544.